The Labute approximate surface area is 85.4 Å². The van der Waals surface area contributed by atoms with Gasteiger partial charge in [-0.3, -0.25) is 9.36 Å². The van der Waals surface area contributed by atoms with Crippen molar-refractivity contribution in [3.63, 3.8) is 0 Å². The Kier molecular flexibility index (Phi) is 5.84. The van der Waals surface area contributed by atoms with Gasteiger partial charge in [-0.15, -0.1) is 0 Å². The zero-order valence-electron chi connectivity index (χ0n) is 8.92. The third-order valence-electron chi connectivity index (χ3n) is 1.74. The van der Waals surface area contributed by atoms with Crippen LogP contribution >= 0.6 is 8.61 Å². The summed E-state index contributed by atoms with van der Waals surface area (Å²) in [6.45, 7) is 5.39. The molecule has 0 fully saturated rings. The molecule has 0 aromatic carbocycles. The molecule has 0 saturated heterocycles. The van der Waals surface area contributed by atoms with Gasteiger partial charge in [-0.1, -0.05) is 0 Å². The number of hydrogen-bond acceptors (Lipinski definition) is 4. The van der Waals surface area contributed by atoms with Crippen LogP contribution in [-0.4, -0.2) is 31.3 Å². The lowest BCUT2D eigenvalue weighted by Gasteiger charge is -2.22. The fraction of sp³-hybridized carbons (Fsp3) is 0.875. The van der Waals surface area contributed by atoms with Gasteiger partial charge in [-0.05, 0) is 20.8 Å². The maximum Gasteiger partial charge on any atom is 0.323 e. The van der Waals surface area contributed by atoms with Gasteiger partial charge in [0, 0.05) is 7.11 Å². The van der Waals surface area contributed by atoms with Gasteiger partial charge in [0.05, 0.1) is 5.60 Å². The van der Waals surface area contributed by atoms with Crippen LogP contribution in [0, 0.1) is 0 Å². The van der Waals surface area contributed by atoms with Crippen LogP contribution < -0.4 is 5.09 Å². The zero-order valence-corrected chi connectivity index (χ0v) is 9.92. The van der Waals surface area contributed by atoms with Gasteiger partial charge < -0.3 is 9.47 Å². The van der Waals surface area contributed by atoms with Crippen molar-refractivity contribution in [3.05, 3.63) is 0 Å². The van der Waals surface area contributed by atoms with Crippen LogP contribution in [-0.2, 0) is 18.8 Å². The lowest BCUT2D eigenvalue weighted by Crippen LogP contribution is -2.36. The van der Waals surface area contributed by atoms with Crippen molar-refractivity contribution in [3.8, 4) is 0 Å². The summed E-state index contributed by atoms with van der Waals surface area (Å²) >= 11 is 0. The molecule has 0 spiro atoms. The Hall–Kier alpha value is -0.510. The van der Waals surface area contributed by atoms with Gasteiger partial charge in [-0.2, -0.15) is 0 Å². The molecule has 1 N–H and O–H groups in total. The zero-order chi connectivity index (χ0) is 11.2. The first-order chi connectivity index (χ1) is 6.43. The summed E-state index contributed by atoms with van der Waals surface area (Å²) in [7, 11) is 0.840. The first-order valence-corrected chi connectivity index (χ1v) is 5.18. The minimum atomic E-state index is -0.710. The van der Waals surface area contributed by atoms with Crippen molar-refractivity contribution >= 4 is 14.6 Å². The van der Waals surface area contributed by atoms with Crippen molar-refractivity contribution in [2.75, 3.05) is 13.7 Å². The molecule has 0 rings (SSSR count). The SMILES string of the molecule is COC(C)(C)COC(=O)[C@H](C)N[PH]=O. The van der Waals surface area contributed by atoms with Crippen LogP contribution in [0.3, 0.4) is 0 Å². The van der Waals surface area contributed by atoms with Crippen molar-refractivity contribution in [2.45, 2.75) is 32.4 Å². The molecule has 83 valence electrons. The quantitative estimate of drug-likeness (QED) is 0.533. The number of carbonyl (C=O) groups excluding carboxylic acids is 1. The summed E-state index contributed by atoms with van der Waals surface area (Å²) < 4.78 is 20.2. The van der Waals surface area contributed by atoms with E-state index >= 15 is 0 Å². The molecule has 14 heavy (non-hydrogen) atoms. The predicted octanol–water partition coefficient (Wildman–Crippen LogP) is 0.872. The molecule has 5 nitrogen and oxygen atoms in total. The van der Waals surface area contributed by atoms with Crippen LogP contribution in [0.2, 0.25) is 0 Å². The van der Waals surface area contributed by atoms with E-state index in [2.05, 4.69) is 5.09 Å². The van der Waals surface area contributed by atoms with Crippen LogP contribution in [0.5, 0.6) is 0 Å². The topological polar surface area (TPSA) is 64.6 Å². The Morgan fingerprint density at radius 3 is 2.57 bits per heavy atom. The van der Waals surface area contributed by atoms with Gasteiger partial charge in [0.15, 0.2) is 0 Å². The number of hydrogen-bond donors (Lipinski definition) is 1. The second-order valence-electron chi connectivity index (χ2n) is 3.54. The molecule has 0 heterocycles. The Balaban J connectivity index is 3.90. The highest BCUT2D eigenvalue weighted by molar-refractivity contribution is 7.21. The molecule has 1 radical (unpaired) electrons. The monoisotopic (exact) mass is 222 g/mol. The van der Waals surface area contributed by atoms with Gasteiger partial charge in [0.1, 0.15) is 21.3 Å². The molecule has 6 heteroatoms. The second-order valence-corrected chi connectivity index (χ2v) is 4.03. The largest absolute Gasteiger partial charge is 0.461 e. The number of methoxy groups -OCH3 is 1. The third-order valence-corrected chi connectivity index (χ3v) is 2.29. The molecule has 0 aliphatic heterocycles. The number of rotatable bonds is 6. The third kappa shape index (κ3) is 5.27. The van der Waals surface area contributed by atoms with Crippen molar-refractivity contribution in [1.82, 2.24) is 5.09 Å². The summed E-state index contributed by atoms with van der Waals surface area (Å²) in [6.07, 6.45) is 0. The van der Waals surface area contributed by atoms with E-state index in [4.69, 9.17) is 9.47 Å². The minimum Gasteiger partial charge on any atom is -0.461 e. The van der Waals surface area contributed by atoms with E-state index in [-0.39, 0.29) is 6.61 Å². The van der Waals surface area contributed by atoms with E-state index in [1.54, 1.807) is 14.0 Å². The normalized spacial score (nSPS) is 14.0. The van der Waals surface area contributed by atoms with E-state index in [1.165, 1.54) is 0 Å². The van der Waals surface area contributed by atoms with E-state index in [9.17, 15) is 9.36 Å². The fourth-order valence-corrected chi connectivity index (χ4v) is 0.871. The van der Waals surface area contributed by atoms with E-state index in [1.807, 2.05) is 13.8 Å². The predicted molar refractivity (Wildman–Crippen MR) is 53.6 cm³/mol. The van der Waals surface area contributed by atoms with Crippen molar-refractivity contribution in [1.29, 1.82) is 0 Å². The lowest BCUT2D eigenvalue weighted by atomic mass is 10.1. The van der Waals surface area contributed by atoms with Crippen LogP contribution in [0.4, 0.5) is 0 Å². The molecule has 0 aliphatic carbocycles. The van der Waals surface area contributed by atoms with Crippen molar-refractivity contribution < 1.29 is 18.8 Å². The molecular formula is C8H17NO4P. The summed E-state index contributed by atoms with van der Waals surface area (Å²) in [6, 6.07) is -0.557. The molecule has 0 aromatic rings. The summed E-state index contributed by atoms with van der Waals surface area (Å²) in [5.41, 5.74) is -0.491. The summed E-state index contributed by atoms with van der Waals surface area (Å²) in [5, 5.41) is 2.46. The fourth-order valence-electron chi connectivity index (χ4n) is 0.576. The highest BCUT2D eigenvalue weighted by Gasteiger charge is 2.21. The van der Waals surface area contributed by atoms with Crippen LogP contribution in [0.25, 0.3) is 0 Å². The Bertz CT molecular complexity index is 208. The summed E-state index contributed by atoms with van der Waals surface area (Å²) in [4.78, 5) is 11.2. The first-order valence-electron chi connectivity index (χ1n) is 4.27. The molecule has 0 amide bonds. The molecule has 2 atom stereocenters. The van der Waals surface area contributed by atoms with Crippen molar-refractivity contribution in [2.24, 2.45) is 0 Å². The lowest BCUT2D eigenvalue weighted by molar-refractivity contribution is -0.152. The van der Waals surface area contributed by atoms with Gasteiger partial charge in [0.2, 0.25) is 0 Å². The van der Waals surface area contributed by atoms with Crippen LogP contribution in [0.1, 0.15) is 20.8 Å². The van der Waals surface area contributed by atoms with E-state index in [0.717, 1.165) is 0 Å². The molecule has 0 aliphatic rings. The van der Waals surface area contributed by atoms with E-state index < -0.39 is 26.2 Å². The minimum absolute atomic E-state index is 0.177. The van der Waals surface area contributed by atoms with Crippen LogP contribution in [0.15, 0.2) is 0 Å². The maximum atomic E-state index is 11.2. The standard InChI is InChI=1S/C8H17NO4P/c1-6(9-14-11)7(10)13-5-8(2,3)12-4/h6,14H,5H2,1-4H3,(H,9,11)/t6-/m0/s1. The number of esters is 1. The second kappa shape index (κ2) is 6.06. The van der Waals surface area contributed by atoms with Gasteiger partial charge >= 0.3 is 5.97 Å². The molecule has 0 saturated carbocycles. The number of ether oxygens (including phenoxy) is 2. The molecule has 0 bridgehead atoms. The highest BCUT2D eigenvalue weighted by Crippen LogP contribution is 2.08. The van der Waals surface area contributed by atoms with Gasteiger partial charge in [-0.25, -0.2) is 5.09 Å². The number of carbonyl (C=O) groups is 1. The average molecular weight is 222 g/mol. The van der Waals surface area contributed by atoms with E-state index in [0.29, 0.717) is 0 Å². The smallest absolute Gasteiger partial charge is 0.323 e. The highest BCUT2D eigenvalue weighted by atomic mass is 31.1. The average Bonchev–Trinajstić information content (AvgIpc) is 2.15. The Morgan fingerprint density at radius 1 is 1.57 bits per heavy atom. The summed E-state index contributed by atoms with van der Waals surface area (Å²) in [5.74, 6) is -0.432. The van der Waals surface area contributed by atoms with Gasteiger partial charge in [0.25, 0.3) is 0 Å². The molecular weight excluding hydrogens is 205 g/mol. The Morgan fingerprint density at radius 2 is 2.14 bits per heavy atom. The molecule has 1 unspecified atom stereocenters. The first kappa shape index (κ1) is 13.5. The number of nitrogens with one attached hydrogen (secondary N) is 1. The maximum absolute atomic E-state index is 11.2. The molecule has 0 aromatic heterocycles.